The molecule has 0 aliphatic heterocycles. The van der Waals surface area contributed by atoms with Crippen LogP contribution in [0.1, 0.15) is 99.3 Å². The van der Waals surface area contributed by atoms with Crippen molar-refractivity contribution in [2.75, 3.05) is 6.61 Å². The van der Waals surface area contributed by atoms with Crippen LogP contribution in [0.15, 0.2) is 12.2 Å². The Hall–Kier alpha value is -0.380. The van der Waals surface area contributed by atoms with Crippen LogP contribution in [-0.4, -0.2) is 34.1 Å². The van der Waals surface area contributed by atoms with Crippen molar-refractivity contribution in [3.63, 3.8) is 0 Å². The third kappa shape index (κ3) is 2.85. The summed E-state index contributed by atoms with van der Waals surface area (Å²) in [5, 5.41) is 32.5. The molecule has 3 heteroatoms. The van der Waals surface area contributed by atoms with Gasteiger partial charge in [0.1, 0.15) is 0 Å². The lowest BCUT2D eigenvalue weighted by Gasteiger charge is -2.73. The van der Waals surface area contributed by atoms with E-state index >= 15 is 0 Å². The Morgan fingerprint density at radius 2 is 1.55 bits per heavy atom. The molecule has 5 fully saturated rings. The molecule has 0 aromatic heterocycles. The lowest BCUT2D eigenvalue weighted by atomic mass is 9.32. The Kier molecular flexibility index (Phi) is 5.40. The summed E-state index contributed by atoms with van der Waals surface area (Å²) in [7, 11) is 0. The fourth-order valence-corrected chi connectivity index (χ4v) is 11.7. The topological polar surface area (TPSA) is 60.7 Å². The summed E-state index contributed by atoms with van der Waals surface area (Å²) < 4.78 is 0. The van der Waals surface area contributed by atoms with Gasteiger partial charge < -0.3 is 15.3 Å². The summed E-state index contributed by atoms with van der Waals surface area (Å²) in [5.41, 5.74) is 1.75. The Labute approximate surface area is 202 Å². The Morgan fingerprint density at radius 3 is 2.18 bits per heavy atom. The van der Waals surface area contributed by atoms with Gasteiger partial charge in [0.25, 0.3) is 0 Å². The van der Waals surface area contributed by atoms with E-state index in [0.717, 1.165) is 25.7 Å². The van der Waals surface area contributed by atoms with E-state index in [0.29, 0.717) is 36.2 Å². The second-order valence-electron chi connectivity index (χ2n) is 14.7. The van der Waals surface area contributed by atoms with E-state index in [-0.39, 0.29) is 27.1 Å². The number of hydrogen-bond acceptors (Lipinski definition) is 3. The molecule has 11 atom stereocenters. The van der Waals surface area contributed by atoms with E-state index in [9.17, 15) is 15.3 Å². The lowest BCUT2D eigenvalue weighted by Crippen LogP contribution is -2.68. The van der Waals surface area contributed by atoms with Gasteiger partial charge in [-0.1, -0.05) is 46.8 Å². The first-order chi connectivity index (χ1) is 15.3. The van der Waals surface area contributed by atoms with Crippen molar-refractivity contribution in [2.45, 2.75) is 112 Å². The molecule has 0 spiro atoms. The average Bonchev–Trinajstić information content (AvgIpc) is 3.13. The quantitative estimate of drug-likeness (QED) is 0.447. The van der Waals surface area contributed by atoms with Crippen LogP contribution in [-0.2, 0) is 0 Å². The van der Waals surface area contributed by atoms with Crippen molar-refractivity contribution in [1.82, 2.24) is 0 Å². The fourth-order valence-electron chi connectivity index (χ4n) is 11.7. The monoisotopic (exact) mass is 458 g/mol. The normalized spacial score (nSPS) is 57.4. The van der Waals surface area contributed by atoms with E-state index in [4.69, 9.17) is 0 Å². The predicted octanol–water partition coefficient (Wildman–Crippen LogP) is 5.97. The largest absolute Gasteiger partial charge is 0.396 e. The maximum absolute atomic E-state index is 11.0. The van der Waals surface area contributed by atoms with E-state index in [1.165, 1.54) is 37.7 Å². The molecular weight excluding hydrogens is 408 g/mol. The van der Waals surface area contributed by atoms with Crippen LogP contribution in [0, 0.1) is 56.7 Å². The minimum atomic E-state index is -0.624. The molecule has 0 saturated heterocycles. The van der Waals surface area contributed by atoms with Crippen molar-refractivity contribution >= 4 is 0 Å². The number of aliphatic hydroxyl groups excluding tert-OH is 3. The SMILES string of the molecule is C=C(C)[C@@H]1CC[C@]2(CO)CC[C@]3(C)[C@H](CC[C@@H]4[C@@]5(C)C[C@H](O)[C@@H](O)C(C)(C)[C@@H]5CC[C@]43C)[C@@H]12. The Balaban J connectivity index is 1.56. The molecule has 5 saturated carbocycles. The Bertz CT molecular complexity index is 819. The van der Waals surface area contributed by atoms with Crippen LogP contribution in [0.4, 0.5) is 0 Å². The standard InChI is InChI=1S/C30H50O3/c1-18(2)19-10-13-30(17-31)15-14-28(6)20(24(19)30)8-9-23-27(5)16-21(32)25(33)26(3,4)22(27)11-12-29(23,28)7/h19-25,31-33H,1,8-17H2,2-7H3/t19-,20+,21-,22-,23+,24+,25+,27-,28+,29+,30+/m0/s1. The predicted molar refractivity (Wildman–Crippen MR) is 133 cm³/mol. The molecule has 3 nitrogen and oxygen atoms in total. The first kappa shape index (κ1) is 24.3. The zero-order chi connectivity index (χ0) is 24.2. The third-order valence-corrected chi connectivity index (χ3v) is 13.5. The highest BCUT2D eigenvalue weighted by Crippen LogP contribution is 2.77. The van der Waals surface area contributed by atoms with Gasteiger partial charge in [-0.15, -0.1) is 0 Å². The zero-order valence-electron chi connectivity index (χ0n) is 22.2. The minimum absolute atomic E-state index is 0.0675. The molecule has 188 valence electrons. The van der Waals surface area contributed by atoms with E-state index in [1.807, 2.05) is 0 Å². The summed E-state index contributed by atoms with van der Waals surface area (Å²) in [6, 6.07) is 0. The molecule has 5 aliphatic carbocycles. The van der Waals surface area contributed by atoms with Gasteiger partial charge in [-0.2, -0.15) is 0 Å². The molecule has 0 aromatic carbocycles. The first-order valence-corrected chi connectivity index (χ1v) is 13.9. The van der Waals surface area contributed by atoms with Gasteiger partial charge in [0, 0.05) is 6.61 Å². The Morgan fingerprint density at radius 1 is 0.848 bits per heavy atom. The molecule has 0 heterocycles. The lowest BCUT2D eigenvalue weighted by molar-refractivity contribution is -0.264. The maximum Gasteiger partial charge on any atom is 0.0852 e. The van der Waals surface area contributed by atoms with Gasteiger partial charge in [-0.25, -0.2) is 0 Å². The number of allylic oxidation sites excluding steroid dienone is 1. The van der Waals surface area contributed by atoms with Crippen molar-refractivity contribution in [1.29, 1.82) is 0 Å². The van der Waals surface area contributed by atoms with Crippen molar-refractivity contribution < 1.29 is 15.3 Å². The minimum Gasteiger partial charge on any atom is -0.396 e. The number of fused-ring (bicyclic) bond motifs is 7. The second kappa shape index (κ2) is 7.32. The molecular formula is C30H50O3. The highest BCUT2D eigenvalue weighted by Gasteiger charge is 2.71. The smallest absolute Gasteiger partial charge is 0.0852 e. The van der Waals surface area contributed by atoms with E-state index in [1.54, 1.807) is 0 Å². The summed E-state index contributed by atoms with van der Waals surface area (Å²) in [5.74, 6) is 2.81. The van der Waals surface area contributed by atoms with Crippen LogP contribution < -0.4 is 0 Å². The van der Waals surface area contributed by atoms with Gasteiger partial charge in [-0.3, -0.25) is 0 Å². The summed E-state index contributed by atoms with van der Waals surface area (Å²) in [4.78, 5) is 0. The number of hydrogen-bond donors (Lipinski definition) is 3. The summed E-state index contributed by atoms with van der Waals surface area (Å²) in [6.45, 7) is 19.1. The van der Waals surface area contributed by atoms with E-state index < -0.39 is 12.2 Å². The summed E-state index contributed by atoms with van der Waals surface area (Å²) >= 11 is 0. The molecule has 0 aromatic rings. The maximum atomic E-state index is 11.0. The van der Waals surface area contributed by atoms with Crippen LogP contribution in [0.2, 0.25) is 0 Å². The van der Waals surface area contributed by atoms with Crippen LogP contribution in [0.3, 0.4) is 0 Å². The van der Waals surface area contributed by atoms with Crippen molar-refractivity contribution in [3.8, 4) is 0 Å². The first-order valence-electron chi connectivity index (χ1n) is 13.9. The summed E-state index contributed by atoms with van der Waals surface area (Å²) in [6.07, 6.45) is 9.09. The van der Waals surface area contributed by atoms with Crippen LogP contribution >= 0.6 is 0 Å². The highest BCUT2D eigenvalue weighted by atomic mass is 16.3. The number of rotatable bonds is 2. The molecule has 3 N–H and O–H groups in total. The number of aliphatic hydroxyl groups is 3. The molecule has 33 heavy (non-hydrogen) atoms. The van der Waals surface area contributed by atoms with Crippen molar-refractivity contribution in [3.05, 3.63) is 12.2 Å². The molecule has 5 aliphatic rings. The van der Waals surface area contributed by atoms with Crippen molar-refractivity contribution in [2.24, 2.45) is 56.7 Å². The van der Waals surface area contributed by atoms with Gasteiger partial charge in [0.2, 0.25) is 0 Å². The second-order valence-corrected chi connectivity index (χ2v) is 14.7. The van der Waals surface area contributed by atoms with Gasteiger partial charge >= 0.3 is 0 Å². The fraction of sp³-hybridized carbons (Fsp3) is 0.933. The molecule has 0 bridgehead atoms. The highest BCUT2D eigenvalue weighted by molar-refractivity contribution is 5.22. The van der Waals surface area contributed by atoms with Crippen LogP contribution in [0.25, 0.3) is 0 Å². The molecule has 0 amide bonds. The molecule has 0 radical (unpaired) electrons. The molecule has 5 rings (SSSR count). The zero-order valence-corrected chi connectivity index (χ0v) is 22.2. The van der Waals surface area contributed by atoms with Gasteiger partial charge in [-0.05, 0) is 121 Å². The molecule has 0 unspecified atom stereocenters. The average molecular weight is 459 g/mol. The van der Waals surface area contributed by atoms with Gasteiger partial charge in [0.05, 0.1) is 12.2 Å². The third-order valence-electron chi connectivity index (χ3n) is 13.5. The van der Waals surface area contributed by atoms with E-state index in [2.05, 4.69) is 48.1 Å². The van der Waals surface area contributed by atoms with Crippen LogP contribution in [0.5, 0.6) is 0 Å². The van der Waals surface area contributed by atoms with Gasteiger partial charge in [0.15, 0.2) is 0 Å².